The van der Waals surface area contributed by atoms with Crippen LogP contribution in [-0.4, -0.2) is 23.5 Å². The molecule has 114 valence electrons. The van der Waals surface area contributed by atoms with Gasteiger partial charge in [0.1, 0.15) is 5.75 Å². The molecular formula is C11H10F3N3O3S. The monoisotopic (exact) mass is 321 g/mol. The van der Waals surface area contributed by atoms with E-state index in [1.54, 1.807) is 6.92 Å². The van der Waals surface area contributed by atoms with E-state index >= 15 is 0 Å². The second-order valence-corrected chi connectivity index (χ2v) is 6.04. The Balaban J connectivity index is 2.23. The maximum atomic E-state index is 12.4. The Labute approximate surface area is 117 Å². The molecule has 0 N–H and O–H groups in total. The first kappa shape index (κ1) is 15.4. The lowest BCUT2D eigenvalue weighted by atomic mass is 10.3. The molecule has 0 amide bonds. The Morgan fingerprint density at radius 3 is 2.48 bits per heavy atom. The van der Waals surface area contributed by atoms with E-state index in [1.807, 2.05) is 0 Å². The van der Waals surface area contributed by atoms with Crippen LogP contribution in [0.3, 0.4) is 0 Å². The molecule has 10 heteroatoms. The van der Waals surface area contributed by atoms with Gasteiger partial charge in [-0.25, -0.2) is 13.4 Å². The van der Waals surface area contributed by atoms with E-state index in [1.165, 1.54) is 0 Å². The zero-order chi connectivity index (χ0) is 15.7. The molecule has 0 unspecified atom stereocenters. The van der Waals surface area contributed by atoms with E-state index in [0.29, 0.717) is 24.5 Å². The quantitative estimate of drug-likeness (QED) is 0.856. The number of rotatable bonds is 4. The third-order valence-electron chi connectivity index (χ3n) is 2.52. The second-order valence-electron chi connectivity index (χ2n) is 4.10. The van der Waals surface area contributed by atoms with Crippen LogP contribution in [0.1, 0.15) is 24.2 Å². The third-order valence-corrected chi connectivity index (χ3v) is 4.03. The summed E-state index contributed by atoms with van der Waals surface area (Å²) in [6, 6.07) is 1.46. The first-order valence-electron chi connectivity index (χ1n) is 5.80. The SMILES string of the molecule is CCc1noc(CS(=O)(=O)c2ccc(C(F)(F)F)cn2)n1. The standard InChI is InChI=1S/C11H10F3N3O3S/c1-2-8-16-9(20-17-8)6-21(18,19)10-4-3-7(5-15-10)11(12,13)14/h3-5H,2,6H2,1H3. The molecule has 2 heterocycles. The number of aromatic nitrogens is 3. The number of hydrogen-bond donors (Lipinski definition) is 0. The lowest BCUT2D eigenvalue weighted by molar-refractivity contribution is -0.137. The van der Waals surface area contributed by atoms with Crippen LogP contribution in [0.25, 0.3) is 0 Å². The zero-order valence-corrected chi connectivity index (χ0v) is 11.6. The van der Waals surface area contributed by atoms with Crippen molar-refractivity contribution in [2.24, 2.45) is 0 Å². The van der Waals surface area contributed by atoms with Gasteiger partial charge in [0, 0.05) is 12.6 Å². The Kier molecular flexibility index (Phi) is 3.99. The van der Waals surface area contributed by atoms with Crippen LogP contribution in [0.15, 0.2) is 27.9 Å². The van der Waals surface area contributed by atoms with E-state index in [4.69, 9.17) is 4.52 Å². The van der Waals surface area contributed by atoms with Gasteiger partial charge in [0.2, 0.25) is 15.7 Å². The molecule has 0 spiro atoms. The minimum Gasteiger partial charge on any atom is -0.338 e. The Hall–Kier alpha value is -1.97. The highest BCUT2D eigenvalue weighted by Gasteiger charge is 2.31. The fourth-order valence-corrected chi connectivity index (χ4v) is 2.54. The molecule has 2 aromatic heterocycles. The van der Waals surface area contributed by atoms with Gasteiger partial charge in [0.25, 0.3) is 0 Å². The summed E-state index contributed by atoms with van der Waals surface area (Å²) < 4.78 is 65.9. The number of hydrogen-bond acceptors (Lipinski definition) is 6. The van der Waals surface area contributed by atoms with Crippen LogP contribution < -0.4 is 0 Å². The van der Waals surface area contributed by atoms with Crippen molar-refractivity contribution in [3.63, 3.8) is 0 Å². The summed E-state index contributed by atoms with van der Waals surface area (Å²) in [6.45, 7) is 1.76. The van der Waals surface area contributed by atoms with Crippen molar-refractivity contribution < 1.29 is 26.1 Å². The molecule has 0 aliphatic heterocycles. The van der Waals surface area contributed by atoms with Gasteiger partial charge in [-0.15, -0.1) is 0 Å². The molecule has 0 fully saturated rings. The van der Waals surface area contributed by atoms with Crippen molar-refractivity contribution in [3.05, 3.63) is 35.6 Å². The van der Waals surface area contributed by atoms with Crippen molar-refractivity contribution in [1.29, 1.82) is 0 Å². The normalized spacial score (nSPS) is 12.6. The number of sulfone groups is 1. The molecule has 2 rings (SSSR count). The average Bonchev–Trinajstić information content (AvgIpc) is 2.85. The minimum absolute atomic E-state index is 0.131. The Morgan fingerprint density at radius 1 is 1.29 bits per heavy atom. The summed E-state index contributed by atoms with van der Waals surface area (Å²) in [5, 5.41) is 3.06. The molecule has 0 saturated carbocycles. The first-order valence-corrected chi connectivity index (χ1v) is 7.45. The summed E-state index contributed by atoms with van der Waals surface area (Å²) in [4.78, 5) is 7.17. The van der Waals surface area contributed by atoms with Crippen LogP contribution in [0.4, 0.5) is 13.2 Å². The maximum absolute atomic E-state index is 12.4. The van der Waals surface area contributed by atoms with Gasteiger partial charge < -0.3 is 4.52 Å². The fraction of sp³-hybridized carbons (Fsp3) is 0.364. The molecule has 0 saturated heterocycles. The van der Waals surface area contributed by atoms with Crippen molar-refractivity contribution in [2.45, 2.75) is 30.3 Å². The summed E-state index contributed by atoms with van der Waals surface area (Å²) in [6.07, 6.45) is -3.63. The molecule has 0 aliphatic rings. The van der Waals surface area contributed by atoms with Gasteiger partial charge in [-0.3, -0.25) is 0 Å². The lowest BCUT2D eigenvalue weighted by Gasteiger charge is -2.06. The van der Waals surface area contributed by atoms with Gasteiger partial charge in [0.05, 0.1) is 5.56 Å². The Bertz CT molecular complexity index is 723. The second kappa shape index (κ2) is 5.43. The molecule has 6 nitrogen and oxygen atoms in total. The highest BCUT2D eigenvalue weighted by molar-refractivity contribution is 7.90. The molecule has 21 heavy (non-hydrogen) atoms. The maximum Gasteiger partial charge on any atom is 0.417 e. The Morgan fingerprint density at radius 2 is 2.00 bits per heavy atom. The van der Waals surface area contributed by atoms with Crippen LogP contribution in [0.5, 0.6) is 0 Å². The summed E-state index contributed by atoms with van der Waals surface area (Å²) >= 11 is 0. The van der Waals surface area contributed by atoms with Crippen LogP contribution in [-0.2, 0) is 28.2 Å². The van der Waals surface area contributed by atoms with Crippen LogP contribution in [0.2, 0.25) is 0 Å². The largest absolute Gasteiger partial charge is 0.417 e. The van der Waals surface area contributed by atoms with Crippen molar-refractivity contribution in [3.8, 4) is 0 Å². The highest BCUT2D eigenvalue weighted by atomic mass is 32.2. The molecule has 0 atom stereocenters. The van der Waals surface area contributed by atoms with Gasteiger partial charge in [0.15, 0.2) is 10.9 Å². The van der Waals surface area contributed by atoms with Gasteiger partial charge >= 0.3 is 6.18 Å². The molecule has 0 radical (unpaired) electrons. The van der Waals surface area contributed by atoms with E-state index in [9.17, 15) is 21.6 Å². The summed E-state index contributed by atoms with van der Waals surface area (Å²) in [7, 11) is -3.95. The molecule has 0 aliphatic carbocycles. The molecule has 0 bridgehead atoms. The van der Waals surface area contributed by atoms with E-state index in [0.717, 1.165) is 6.07 Å². The van der Waals surface area contributed by atoms with Crippen molar-refractivity contribution in [2.75, 3.05) is 0 Å². The summed E-state index contributed by atoms with van der Waals surface area (Å²) in [5.74, 6) is -0.396. The van der Waals surface area contributed by atoms with E-state index < -0.39 is 32.4 Å². The topological polar surface area (TPSA) is 86.0 Å². The molecular weight excluding hydrogens is 311 g/mol. The molecule has 2 aromatic rings. The number of alkyl halides is 3. The minimum atomic E-state index is -4.57. The zero-order valence-electron chi connectivity index (χ0n) is 10.8. The first-order chi connectivity index (χ1) is 9.72. The fourth-order valence-electron chi connectivity index (χ4n) is 1.46. The van der Waals surface area contributed by atoms with Crippen molar-refractivity contribution >= 4 is 9.84 Å². The van der Waals surface area contributed by atoms with E-state index in [2.05, 4.69) is 15.1 Å². The van der Waals surface area contributed by atoms with Crippen LogP contribution in [0, 0.1) is 0 Å². The smallest absolute Gasteiger partial charge is 0.338 e. The average molecular weight is 321 g/mol. The van der Waals surface area contributed by atoms with Crippen molar-refractivity contribution in [1.82, 2.24) is 15.1 Å². The van der Waals surface area contributed by atoms with Gasteiger partial charge in [-0.2, -0.15) is 18.2 Å². The number of halogens is 3. The number of nitrogens with zero attached hydrogens (tertiary/aromatic N) is 3. The predicted molar refractivity (Wildman–Crippen MR) is 63.8 cm³/mol. The summed E-state index contributed by atoms with van der Waals surface area (Å²) in [5.41, 5.74) is -1.02. The van der Waals surface area contributed by atoms with E-state index in [-0.39, 0.29) is 5.89 Å². The predicted octanol–water partition coefficient (Wildman–Crippen LogP) is 2.02. The third kappa shape index (κ3) is 3.57. The number of pyridine rings is 1. The van der Waals surface area contributed by atoms with Crippen LogP contribution >= 0.6 is 0 Å². The lowest BCUT2D eigenvalue weighted by Crippen LogP contribution is -2.10. The highest BCUT2D eigenvalue weighted by Crippen LogP contribution is 2.29. The number of aryl methyl sites for hydroxylation is 1. The molecule has 0 aromatic carbocycles. The van der Waals surface area contributed by atoms with Gasteiger partial charge in [-0.1, -0.05) is 12.1 Å². The van der Waals surface area contributed by atoms with Gasteiger partial charge in [-0.05, 0) is 12.1 Å².